The fraction of sp³-hybridized carbons (Fsp3) is 0.125. The fourth-order valence-electron chi connectivity index (χ4n) is 3.41. The molecule has 1 heterocycles. The number of halogens is 1. The maximum Gasteiger partial charge on any atom is 0.256 e. The van der Waals surface area contributed by atoms with Crippen molar-refractivity contribution in [3.63, 3.8) is 0 Å². The summed E-state index contributed by atoms with van der Waals surface area (Å²) in [6.07, 6.45) is 1.13. The van der Waals surface area contributed by atoms with E-state index < -0.39 is 5.82 Å². The van der Waals surface area contributed by atoms with Crippen LogP contribution in [-0.4, -0.2) is 18.4 Å². The van der Waals surface area contributed by atoms with E-state index in [1.165, 1.54) is 28.8 Å². The van der Waals surface area contributed by atoms with E-state index >= 15 is 0 Å². The molecule has 1 saturated heterocycles. The highest BCUT2D eigenvalue weighted by atomic mass is 32.2. The number of benzene rings is 3. The highest BCUT2D eigenvalue weighted by Crippen LogP contribution is 2.33. The van der Waals surface area contributed by atoms with Gasteiger partial charge in [0.1, 0.15) is 11.9 Å². The molecule has 3 aromatic rings. The van der Waals surface area contributed by atoms with Gasteiger partial charge in [0, 0.05) is 28.4 Å². The number of amides is 2. The van der Waals surface area contributed by atoms with E-state index in [-0.39, 0.29) is 17.5 Å². The van der Waals surface area contributed by atoms with Crippen molar-refractivity contribution in [1.82, 2.24) is 0 Å². The lowest BCUT2D eigenvalue weighted by Gasteiger charge is -2.17. The summed E-state index contributed by atoms with van der Waals surface area (Å²) in [5, 5.41) is 12.0. The Morgan fingerprint density at radius 3 is 2.52 bits per heavy atom. The van der Waals surface area contributed by atoms with Crippen LogP contribution in [0.4, 0.5) is 15.8 Å². The molecule has 1 fully saturated rings. The minimum atomic E-state index is -0.557. The van der Waals surface area contributed by atoms with Crippen molar-refractivity contribution in [2.24, 2.45) is 0 Å². The molecule has 4 rings (SSSR count). The first-order chi connectivity index (χ1) is 15.1. The number of nitriles is 1. The molecular weight excluding hydrogens is 413 g/mol. The molecule has 0 saturated carbocycles. The number of carbonyl (C=O) groups excluding carboxylic acids is 2. The van der Waals surface area contributed by atoms with Crippen LogP contribution in [-0.2, 0) is 4.79 Å². The Kier molecular flexibility index (Phi) is 6.01. The summed E-state index contributed by atoms with van der Waals surface area (Å²) in [5.74, 6) is -1.04. The Morgan fingerprint density at radius 1 is 1.06 bits per heavy atom. The molecule has 0 aliphatic carbocycles. The minimum absolute atomic E-state index is 0.0979. The Morgan fingerprint density at radius 2 is 1.81 bits per heavy atom. The lowest BCUT2D eigenvalue weighted by molar-refractivity contribution is -0.117. The van der Waals surface area contributed by atoms with Gasteiger partial charge in [-0.25, -0.2) is 4.39 Å². The quantitative estimate of drug-likeness (QED) is 0.601. The monoisotopic (exact) mass is 431 g/mol. The number of nitrogens with zero attached hydrogens (tertiary/aromatic N) is 2. The van der Waals surface area contributed by atoms with Crippen LogP contribution in [0.3, 0.4) is 0 Å². The van der Waals surface area contributed by atoms with Crippen LogP contribution in [0.5, 0.6) is 0 Å². The van der Waals surface area contributed by atoms with Gasteiger partial charge in [-0.2, -0.15) is 5.26 Å². The van der Waals surface area contributed by atoms with E-state index in [0.29, 0.717) is 41.1 Å². The van der Waals surface area contributed by atoms with Crippen molar-refractivity contribution in [2.75, 3.05) is 16.8 Å². The van der Waals surface area contributed by atoms with Crippen molar-refractivity contribution in [3.05, 3.63) is 83.7 Å². The predicted molar refractivity (Wildman–Crippen MR) is 118 cm³/mol. The largest absolute Gasteiger partial charge is 0.322 e. The molecule has 7 heteroatoms. The first-order valence-corrected chi connectivity index (χ1v) is 10.6. The Balaban J connectivity index is 1.55. The van der Waals surface area contributed by atoms with Crippen LogP contribution >= 0.6 is 11.8 Å². The van der Waals surface area contributed by atoms with E-state index in [1.807, 2.05) is 18.2 Å². The summed E-state index contributed by atoms with van der Waals surface area (Å²) in [6, 6.07) is 20.7. The molecule has 0 radical (unpaired) electrons. The second-order valence-electron chi connectivity index (χ2n) is 6.98. The van der Waals surface area contributed by atoms with E-state index in [2.05, 4.69) is 11.4 Å². The zero-order chi connectivity index (χ0) is 21.8. The van der Waals surface area contributed by atoms with Crippen LogP contribution in [0.1, 0.15) is 28.8 Å². The predicted octanol–water partition coefficient (Wildman–Crippen LogP) is 5.23. The number of carbonyl (C=O) groups is 2. The number of nitrogens with one attached hydrogen (secondary N) is 1. The summed E-state index contributed by atoms with van der Waals surface area (Å²) in [5.41, 5.74) is 1.47. The van der Waals surface area contributed by atoms with Crippen molar-refractivity contribution in [2.45, 2.75) is 22.6 Å². The van der Waals surface area contributed by atoms with Gasteiger partial charge < -0.3 is 10.2 Å². The average Bonchev–Trinajstić information content (AvgIpc) is 3.20. The van der Waals surface area contributed by atoms with Crippen molar-refractivity contribution in [3.8, 4) is 6.07 Å². The molecule has 1 aliphatic heterocycles. The van der Waals surface area contributed by atoms with E-state index in [0.717, 1.165) is 4.90 Å². The Bertz CT molecular complexity index is 1210. The van der Waals surface area contributed by atoms with Crippen LogP contribution in [0.25, 0.3) is 0 Å². The summed E-state index contributed by atoms with van der Waals surface area (Å²) < 4.78 is 14.6. The van der Waals surface area contributed by atoms with Crippen molar-refractivity contribution in [1.29, 1.82) is 5.26 Å². The second-order valence-corrected chi connectivity index (χ2v) is 8.06. The summed E-state index contributed by atoms with van der Waals surface area (Å²) >= 11 is 1.33. The summed E-state index contributed by atoms with van der Waals surface area (Å²) in [6.45, 7) is 0.496. The smallest absolute Gasteiger partial charge is 0.256 e. The number of rotatable bonds is 5. The third kappa shape index (κ3) is 4.44. The maximum atomic E-state index is 14.6. The lowest BCUT2D eigenvalue weighted by Crippen LogP contribution is -2.24. The highest BCUT2D eigenvalue weighted by molar-refractivity contribution is 7.99. The zero-order valence-corrected chi connectivity index (χ0v) is 17.3. The van der Waals surface area contributed by atoms with E-state index in [1.54, 1.807) is 36.4 Å². The van der Waals surface area contributed by atoms with Gasteiger partial charge >= 0.3 is 0 Å². The molecule has 0 unspecified atom stereocenters. The SMILES string of the molecule is N#Cc1ccccc1Sc1ccccc1C(=O)Nc1ccc(N2CCCC2=O)c(F)c1. The molecule has 2 amide bonds. The minimum Gasteiger partial charge on any atom is -0.322 e. The molecule has 1 N–H and O–H groups in total. The van der Waals surface area contributed by atoms with E-state index in [4.69, 9.17) is 0 Å². The molecule has 0 spiro atoms. The van der Waals surface area contributed by atoms with Crippen molar-refractivity contribution < 1.29 is 14.0 Å². The molecular formula is C24H18FN3O2S. The average molecular weight is 431 g/mol. The van der Waals surface area contributed by atoms with Crippen LogP contribution in [0.15, 0.2) is 76.5 Å². The van der Waals surface area contributed by atoms with E-state index in [9.17, 15) is 19.2 Å². The van der Waals surface area contributed by atoms with Gasteiger partial charge in [0.05, 0.1) is 16.8 Å². The fourth-order valence-corrected chi connectivity index (χ4v) is 4.44. The third-order valence-corrected chi connectivity index (χ3v) is 6.08. The van der Waals surface area contributed by atoms with Crippen LogP contribution < -0.4 is 10.2 Å². The molecule has 5 nitrogen and oxygen atoms in total. The first-order valence-electron chi connectivity index (χ1n) is 9.74. The first kappa shape index (κ1) is 20.6. The second kappa shape index (κ2) is 9.02. The molecule has 31 heavy (non-hydrogen) atoms. The zero-order valence-electron chi connectivity index (χ0n) is 16.5. The topological polar surface area (TPSA) is 73.2 Å². The lowest BCUT2D eigenvalue weighted by atomic mass is 10.2. The van der Waals surface area contributed by atoms with Gasteiger partial charge in [-0.1, -0.05) is 36.0 Å². The standard InChI is InChI=1S/C24H18FN3O2S/c25-19-14-17(11-12-20(19)28-13-5-10-23(28)29)27-24(30)18-7-2-4-9-22(18)31-21-8-3-1-6-16(21)15-26/h1-4,6-9,11-12,14H,5,10,13H2,(H,27,30). The van der Waals surface area contributed by atoms with Crippen LogP contribution in [0, 0.1) is 17.1 Å². The van der Waals surface area contributed by atoms with Gasteiger partial charge in [0.2, 0.25) is 5.91 Å². The Labute approximate surface area is 183 Å². The van der Waals surface area contributed by atoms with Gasteiger partial charge in [-0.3, -0.25) is 9.59 Å². The molecule has 3 aromatic carbocycles. The number of hydrogen-bond donors (Lipinski definition) is 1. The number of hydrogen-bond acceptors (Lipinski definition) is 4. The third-order valence-electron chi connectivity index (χ3n) is 4.93. The number of anilines is 2. The maximum absolute atomic E-state index is 14.6. The highest BCUT2D eigenvalue weighted by Gasteiger charge is 2.24. The van der Waals surface area contributed by atoms with Gasteiger partial charge in [-0.15, -0.1) is 0 Å². The van der Waals surface area contributed by atoms with Crippen LogP contribution in [0.2, 0.25) is 0 Å². The van der Waals surface area contributed by atoms with Crippen molar-refractivity contribution >= 4 is 35.0 Å². The molecule has 0 bridgehead atoms. The normalized spacial score (nSPS) is 13.2. The van der Waals surface area contributed by atoms with Gasteiger partial charge in [0.15, 0.2) is 0 Å². The molecule has 154 valence electrons. The Hall–Kier alpha value is -3.63. The van der Waals surface area contributed by atoms with Gasteiger partial charge in [-0.05, 0) is 48.9 Å². The summed E-state index contributed by atoms with van der Waals surface area (Å²) in [7, 11) is 0. The molecule has 1 aliphatic rings. The van der Waals surface area contributed by atoms with Gasteiger partial charge in [0.25, 0.3) is 5.91 Å². The summed E-state index contributed by atoms with van der Waals surface area (Å²) in [4.78, 5) is 27.6. The molecule has 0 atom stereocenters. The molecule has 0 aromatic heterocycles.